The highest BCUT2D eigenvalue weighted by Crippen LogP contribution is 2.23. The molecule has 21 heavy (non-hydrogen) atoms. The summed E-state index contributed by atoms with van der Waals surface area (Å²) in [5.74, 6) is 0.0492. The van der Waals surface area contributed by atoms with Gasteiger partial charge in [-0.15, -0.1) is 11.3 Å². The van der Waals surface area contributed by atoms with Gasteiger partial charge in [0.15, 0.2) is 0 Å². The summed E-state index contributed by atoms with van der Waals surface area (Å²) in [5, 5.41) is 1.93. The number of halogens is 1. The first-order valence-electron chi connectivity index (χ1n) is 6.81. The summed E-state index contributed by atoms with van der Waals surface area (Å²) < 4.78 is 6.82. The van der Waals surface area contributed by atoms with Crippen molar-refractivity contribution in [1.29, 1.82) is 0 Å². The van der Waals surface area contributed by atoms with E-state index in [1.807, 2.05) is 24.6 Å². The van der Waals surface area contributed by atoms with Gasteiger partial charge < -0.3 is 9.64 Å². The molecule has 3 nitrogen and oxygen atoms in total. The van der Waals surface area contributed by atoms with Gasteiger partial charge in [-0.25, -0.2) is 0 Å². The zero-order valence-corrected chi connectivity index (χ0v) is 14.1. The molecule has 5 heteroatoms. The Labute approximate surface area is 136 Å². The summed E-state index contributed by atoms with van der Waals surface area (Å²) >= 11 is 4.84. The molecular weight excluding hydrogens is 350 g/mol. The lowest BCUT2D eigenvalue weighted by molar-refractivity contribution is 0.00995. The van der Waals surface area contributed by atoms with E-state index in [2.05, 4.69) is 34.1 Å². The van der Waals surface area contributed by atoms with Crippen LogP contribution in [0.25, 0.3) is 0 Å². The predicted octanol–water partition coefficient (Wildman–Crippen LogP) is 3.72. The zero-order valence-electron chi connectivity index (χ0n) is 11.7. The number of likely N-dealkylation sites (N-methyl/N-ethyl adjacent to an activating group) is 1. The van der Waals surface area contributed by atoms with Gasteiger partial charge in [0.1, 0.15) is 0 Å². The first-order valence-corrected chi connectivity index (χ1v) is 8.48. The Balaban J connectivity index is 1.63. The summed E-state index contributed by atoms with van der Waals surface area (Å²) in [6.07, 6.45) is 0.930. The van der Waals surface area contributed by atoms with Crippen LogP contribution in [0.15, 0.2) is 40.2 Å². The van der Waals surface area contributed by atoms with Crippen LogP contribution in [0.3, 0.4) is 0 Å². The summed E-state index contributed by atoms with van der Waals surface area (Å²) in [5.41, 5.74) is 2.58. The largest absolute Gasteiger partial charge is 0.371 e. The van der Waals surface area contributed by atoms with Gasteiger partial charge in [-0.3, -0.25) is 4.79 Å². The van der Waals surface area contributed by atoms with Crippen molar-refractivity contribution in [2.24, 2.45) is 0 Å². The van der Waals surface area contributed by atoms with E-state index in [1.165, 1.54) is 22.5 Å². The molecule has 1 aliphatic rings. The molecule has 1 aromatic heterocycles. The fourth-order valence-corrected chi connectivity index (χ4v) is 3.95. The number of ether oxygens (including phenoxy) is 1. The maximum atomic E-state index is 12.3. The number of hydrogen-bond donors (Lipinski definition) is 0. The van der Waals surface area contributed by atoms with Gasteiger partial charge >= 0.3 is 0 Å². The first kappa shape index (κ1) is 14.8. The summed E-state index contributed by atoms with van der Waals surface area (Å²) in [6, 6.07) is 10.2. The van der Waals surface area contributed by atoms with E-state index >= 15 is 0 Å². The number of amides is 1. The first-order chi connectivity index (χ1) is 10.1. The Morgan fingerprint density at radius 2 is 2.19 bits per heavy atom. The number of hydrogen-bond acceptors (Lipinski definition) is 3. The number of thiophene rings is 1. The van der Waals surface area contributed by atoms with E-state index < -0.39 is 0 Å². The second kappa shape index (κ2) is 6.30. The lowest BCUT2D eigenvalue weighted by Gasteiger charge is -2.28. The standard InChI is InChI=1S/C16H16BrNO2S/c1-18(16(19)15-7-13(17)10-21-15)8-14-6-11-4-2-3-5-12(11)9-20-14/h2-5,7,10,14H,6,8-9H2,1H3. The molecule has 1 unspecified atom stereocenters. The third-order valence-corrected chi connectivity index (χ3v) is 5.32. The zero-order chi connectivity index (χ0) is 14.8. The highest BCUT2D eigenvalue weighted by Gasteiger charge is 2.23. The van der Waals surface area contributed by atoms with Gasteiger partial charge in [-0.2, -0.15) is 0 Å². The van der Waals surface area contributed by atoms with Crippen LogP contribution in [0, 0.1) is 0 Å². The van der Waals surface area contributed by atoms with Crippen molar-refractivity contribution in [1.82, 2.24) is 4.90 Å². The van der Waals surface area contributed by atoms with Gasteiger partial charge in [0.05, 0.1) is 17.6 Å². The number of nitrogens with zero attached hydrogens (tertiary/aromatic N) is 1. The van der Waals surface area contributed by atoms with Gasteiger partial charge in [-0.05, 0) is 33.1 Å². The number of fused-ring (bicyclic) bond motifs is 1. The molecule has 1 aromatic carbocycles. The summed E-state index contributed by atoms with van der Waals surface area (Å²) in [7, 11) is 1.83. The minimum Gasteiger partial charge on any atom is -0.371 e. The van der Waals surface area contributed by atoms with E-state index in [1.54, 1.807) is 4.90 Å². The molecule has 0 saturated heterocycles. The normalized spacial score (nSPS) is 17.3. The Morgan fingerprint density at radius 3 is 2.90 bits per heavy atom. The molecule has 0 bridgehead atoms. The van der Waals surface area contributed by atoms with E-state index in [0.29, 0.717) is 13.2 Å². The van der Waals surface area contributed by atoms with Crippen molar-refractivity contribution in [3.63, 3.8) is 0 Å². The SMILES string of the molecule is CN(CC1Cc2ccccc2CO1)C(=O)c1cc(Br)cs1. The molecule has 110 valence electrons. The average Bonchev–Trinajstić information content (AvgIpc) is 2.93. The Hall–Kier alpha value is -1.17. The van der Waals surface area contributed by atoms with Crippen LogP contribution >= 0.6 is 27.3 Å². The van der Waals surface area contributed by atoms with Gasteiger partial charge in [-0.1, -0.05) is 24.3 Å². The maximum absolute atomic E-state index is 12.3. The number of rotatable bonds is 3. The molecule has 1 atom stereocenters. The molecule has 1 aliphatic heterocycles. The number of carbonyl (C=O) groups is 1. The molecular formula is C16H16BrNO2S. The van der Waals surface area contributed by atoms with Crippen molar-refractivity contribution >= 4 is 33.2 Å². The fourth-order valence-electron chi connectivity index (χ4n) is 2.53. The van der Waals surface area contributed by atoms with Gasteiger partial charge in [0.2, 0.25) is 0 Å². The Bertz CT molecular complexity index is 655. The third kappa shape index (κ3) is 3.36. The summed E-state index contributed by atoms with van der Waals surface area (Å²) in [6.45, 7) is 1.25. The van der Waals surface area contributed by atoms with E-state index in [-0.39, 0.29) is 12.0 Å². The van der Waals surface area contributed by atoms with E-state index in [0.717, 1.165) is 15.8 Å². The molecule has 0 spiro atoms. The molecule has 0 N–H and O–H groups in total. The molecule has 0 radical (unpaired) electrons. The smallest absolute Gasteiger partial charge is 0.263 e. The molecule has 2 heterocycles. The molecule has 0 fully saturated rings. The molecule has 2 aromatic rings. The second-order valence-corrected chi connectivity index (χ2v) is 7.05. The quantitative estimate of drug-likeness (QED) is 0.829. The van der Waals surface area contributed by atoms with Crippen LogP contribution in [0.4, 0.5) is 0 Å². The highest BCUT2D eigenvalue weighted by molar-refractivity contribution is 9.10. The number of benzene rings is 1. The van der Waals surface area contributed by atoms with Crippen molar-refractivity contribution in [3.8, 4) is 0 Å². The molecule has 0 saturated carbocycles. The van der Waals surface area contributed by atoms with E-state index in [4.69, 9.17) is 4.74 Å². The molecule has 1 amide bonds. The van der Waals surface area contributed by atoms with Crippen LogP contribution in [0.2, 0.25) is 0 Å². The maximum Gasteiger partial charge on any atom is 0.263 e. The molecule has 3 rings (SSSR count). The lowest BCUT2D eigenvalue weighted by atomic mass is 9.99. The van der Waals surface area contributed by atoms with Crippen molar-refractivity contribution in [2.75, 3.05) is 13.6 Å². The topological polar surface area (TPSA) is 29.5 Å². The van der Waals surface area contributed by atoms with Crippen LogP contribution in [0.1, 0.15) is 20.8 Å². The van der Waals surface area contributed by atoms with Gasteiger partial charge in [0, 0.05) is 29.9 Å². The minimum atomic E-state index is 0.0492. The predicted molar refractivity (Wildman–Crippen MR) is 87.7 cm³/mol. The Kier molecular flexibility index (Phi) is 4.42. The minimum absolute atomic E-state index is 0.0492. The lowest BCUT2D eigenvalue weighted by Crippen LogP contribution is -2.38. The second-order valence-electron chi connectivity index (χ2n) is 5.22. The van der Waals surface area contributed by atoms with E-state index in [9.17, 15) is 4.79 Å². The fraction of sp³-hybridized carbons (Fsp3) is 0.312. The van der Waals surface area contributed by atoms with Crippen molar-refractivity contribution in [2.45, 2.75) is 19.1 Å². The number of carbonyl (C=O) groups excluding carboxylic acids is 1. The van der Waals surface area contributed by atoms with Crippen molar-refractivity contribution < 1.29 is 9.53 Å². The molecule has 0 aliphatic carbocycles. The average molecular weight is 366 g/mol. The Morgan fingerprint density at radius 1 is 1.43 bits per heavy atom. The van der Waals surface area contributed by atoms with Crippen molar-refractivity contribution in [3.05, 3.63) is 56.2 Å². The van der Waals surface area contributed by atoms with Gasteiger partial charge in [0.25, 0.3) is 5.91 Å². The van der Waals surface area contributed by atoms with Crippen LogP contribution < -0.4 is 0 Å². The highest BCUT2D eigenvalue weighted by atomic mass is 79.9. The third-order valence-electron chi connectivity index (χ3n) is 3.64. The van der Waals surface area contributed by atoms with Crippen LogP contribution in [0.5, 0.6) is 0 Å². The summed E-state index contributed by atoms with van der Waals surface area (Å²) in [4.78, 5) is 14.8. The van der Waals surface area contributed by atoms with Crippen LogP contribution in [-0.4, -0.2) is 30.5 Å². The van der Waals surface area contributed by atoms with Crippen LogP contribution in [-0.2, 0) is 17.8 Å². The monoisotopic (exact) mass is 365 g/mol.